The second kappa shape index (κ2) is 6.99. The van der Waals surface area contributed by atoms with Gasteiger partial charge in [-0.3, -0.25) is 4.90 Å². The molecule has 2 heterocycles. The van der Waals surface area contributed by atoms with E-state index in [0.29, 0.717) is 19.1 Å². The van der Waals surface area contributed by atoms with Gasteiger partial charge in [-0.25, -0.2) is 13.1 Å². The Balaban J connectivity index is 1.70. The Hall–Kier alpha value is -0.210. The summed E-state index contributed by atoms with van der Waals surface area (Å²) in [5, 5.41) is 3.01. The SMILES string of the molecule is CCNCCS(=O)(=O)NCC1CN2CCCC2CO1. The van der Waals surface area contributed by atoms with Crippen LogP contribution >= 0.6 is 0 Å². The number of hydrogen-bond acceptors (Lipinski definition) is 5. The van der Waals surface area contributed by atoms with Crippen molar-refractivity contribution in [2.45, 2.75) is 31.9 Å². The molecule has 6 nitrogen and oxygen atoms in total. The number of hydrogen-bond donors (Lipinski definition) is 2. The molecule has 2 fully saturated rings. The molecule has 2 saturated heterocycles. The summed E-state index contributed by atoms with van der Waals surface area (Å²) in [7, 11) is -3.19. The summed E-state index contributed by atoms with van der Waals surface area (Å²) in [4.78, 5) is 2.42. The van der Waals surface area contributed by atoms with Gasteiger partial charge < -0.3 is 10.1 Å². The Labute approximate surface area is 115 Å². The average molecular weight is 291 g/mol. The van der Waals surface area contributed by atoms with Crippen LogP contribution in [0, 0.1) is 0 Å². The predicted octanol–water partition coefficient (Wildman–Crippen LogP) is -0.621. The highest BCUT2D eigenvalue weighted by Gasteiger charge is 2.32. The highest BCUT2D eigenvalue weighted by molar-refractivity contribution is 7.89. The Bertz CT molecular complexity index is 374. The van der Waals surface area contributed by atoms with Crippen molar-refractivity contribution < 1.29 is 13.2 Å². The molecule has 112 valence electrons. The topological polar surface area (TPSA) is 70.7 Å². The van der Waals surface area contributed by atoms with Crippen LogP contribution in [0.5, 0.6) is 0 Å². The van der Waals surface area contributed by atoms with Crippen molar-refractivity contribution in [3.05, 3.63) is 0 Å². The van der Waals surface area contributed by atoms with Gasteiger partial charge in [-0.1, -0.05) is 6.92 Å². The van der Waals surface area contributed by atoms with Crippen LogP contribution in [0.4, 0.5) is 0 Å². The molecule has 2 rings (SSSR count). The van der Waals surface area contributed by atoms with Crippen molar-refractivity contribution >= 4 is 10.0 Å². The Morgan fingerprint density at radius 3 is 3.05 bits per heavy atom. The Morgan fingerprint density at radius 1 is 1.42 bits per heavy atom. The first-order valence-corrected chi connectivity index (χ1v) is 8.79. The molecule has 2 aliphatic heterocycles. The molecule has 0 spiro atoms. The van der Waals surface area contributed by atoms with Gasteiger partial charge in [-0.2, -0.15) is 0 Å². The molecule has 0 aromatic heterocycles. The minimum atomic E-state index is -3.19. The van der Waals surface area contributed by atoms with Gasteiger partial charge in [0.25, 0.3) is 0 Å². The fraction of sp³-hybridized carbons (Fsp3) is 1.00. The standard InChI is InChI=1S/C12H25N3O3S/c1-2-13-5-7-19(16,17)14-8-12-9-15-6-3-4-11(15)10-18-12/h11-14H,2-10H2,1H3. The van der Waals surface area contributed by atoms with Gasteiger partial charge in [0, 0.05) is 25.7 Å². The predicted molar refractivity (Wildman–Crippen MR) is 74.7 cm³/mol. The van der Waals surface area contributed by atoms with Gasteiger partial charge >= 0.3 is 0 Å². The largest absolute Gasteiger partial charge is 0.374 e. The summed E-state index contributed by atoms with van der Waals surface area (Å²) in [5.41, 5.74) is 0. The minimum absolute atomic E-state index is 0.0109. The first-order chi connectivity index (χ1) is 9.11. The molecule has 2 unspecified atom stereocenters. The third-order valence-corrected chi connectivity index (χ3v) is 5.14. The highest BCUT2D eigenvalue weighted by Crippen LogP contribution is 2.22. The van der Waals surface area contributed by atoms with Crippen LogP contribution in [-0.4, -0.2) is 70.5 Å². The summed E-state index contributed by atoms with van der Waals surface area (Å²) in [5.74, 6) is 0.125. The smallest absolute Gasteiger partial charge is 0.212 e. The van der Waals surface area contributed by atoms with Crippen LogP contribution < -0.4 is 10.0 Å². The van der Waals surface area contributed by atoms with Crippen LogP contribution in [-0.2, 0) is 14.8 Å². The monoisotopic (exact) mass is 291 g/mol. The van der Waals surface area contributed by atoms with E-state index in [9.17, 15) is 8.42 Å². The zero-order chi connectivity index (χ0) is 13.7. The lowest BCUT2D eigenvalue weighted by atomic mass is 10.2. The van der Waals surface area contributed by atoms with Crippen molar-refractivity contribution in [1.82, 2.24) is 14.9 Å². The number of rotatable bonds is 7. The van der Waals surface area contributed by atoms with Gasteiger partial charge in [0.1, 0.15) is 0 Å². The van der Waals surface area contributed by atoms with Gasteiger partial charge in [0.15, 0.2) is 0 Å². The summed E-state index contributed by atoms with van der Waals surface area (Å²) >= 11 is 0. The zero-order valence-electron chi connectivity index (χ0n) is 11.6. The normalized spacial score (nSPS) is 28.5. The van der Waals surface area contributed by atoms with E-state index in [1.54, 1.807) is 0 Å². The number of nitrogens with zero attached hydrogens (tertiary/aromatic N) is 1. The quantitative estimate of drug-likeness (QED) is 0.612. The van der Waals surface area contributed by atoms with Crippen LogP contribution in [0.2, 0.25) is 0 Å². The molecule has 0 aromatic carbocycles. The summed E-state index contributed by atoms with van der Waals surface area (Å²) < 4.78 is 31.9. The van der Waals surface area contributed by atoms with Crippen molar-refractivity contribution in [1.29, 1.82) is 0 Å². The van der Waals surface area contributed by atoms with Gasteiger partial charge in [-0.05, 0) is 25.9 Å². The summed E-state index contributed by atoms with van der Waals surface area (Å²) in [6.45, 7) is 6.34. The number of sulfonamides is 1. The van der Waals surface area contributed by atoms with E-state index in [1.807, 2.05) is 6.92 Å². The van der Waals surface area contributed by atoms with E-state index in [4.69, 9.17) is 4.74 Å². The first kappa shape index (κ1) is 15.2. The maximum absolute atomic E-state index is 11.8. The molecule has 0 amide bonds. The van der Waals surface area contributed by atoms with Crippen LogP contribution in [0.25, 0.3) is 0 Å². The maximum atomic E-state index is 11.8. The van der Waals surface area contributed by atoms with E-state index in [-0.39, 0.29) is 11.9 Å². The van der Waals surface area contributed by atoms with Gasteiger partial charge in [0.2, 0.25) is 10.0 Å². The zero-order valence-corrected chi connectivity index (χ0v) is 12.4. The van der Waals surface area contributed by atoms with E-state index in [0.717, 1.165) is 26.2 Å². The lowest BCUT2D eigenvalue weighted by Crippen LogP contribution is -2.50. The third kappa shape index (κ3) is 4.68. The number of ether oxygens (including phenoxy) is 1. The molecule has 0 aromatic rings. The third-order valence-electron chi connectivity index (χ3n) is 3.79. The van der Waals surface area contributed by atoms with E-state index in [2.05, 4.69) is 14.9 Å². The second-order valence-corrected chi connectivity index (χ2v) is 7.19. The van der Waals surface area contributed by atoms with Crippen molar-refractivity contribution in [3.8, 4) is 0 Å². The van der Waals surface area contributed by atoms with E-state index >= 15 is 0 Å². The molecule has 0 bridgehead atoms. The maximum Gasteiger partial charge on any atom is 0.212 e. The molecule has 19 heavy (non-hydrogen) atoms. The summed E-state index contributed by atoms with van der Waals surface area (Å²) in [6, 6.07) is 0.557. The Kier molecular flexibility index (Phi) is 5.58. The molecule has 2 N–H and O–H groups in total. The molecule has 7 heteroatoms. The fourth-order valence-corrected chi connectivity index (χ4v) is 3.68. The molecular weight excluding hydrogens is 266 g/mol. The van der Waals surface area contributed by atoms with E-state index < -0.39 is 10.0 Å². The number of nitrogens with one attached hydrogen (secondary N) is 2. The van der Waals surface area contributed by atoms with Crippen molar-refractivity contribution in [2.75, 3.05) is 45.1 Å². The molecule has 0 radical (unpaired) electrons. The lowest BCUT2D eigenvalue weighted by Gasteiger charge is -2.35. The van der Waals surface area contributed by atoms with Crippen LogP contribution in [0.1, 0.15) is 19.8 Å². The second-order valence-electron chi connectivity index (χ2n) is 5.27. The minimum Gasteiger partial charge on any atom is -0.374 e. The molecular formula is C12H25N3O3S. The lowest BCUT2D eigenvalue weighted by molar-refractivity contribution is -0.0448. The highest BCUT2D eigenvalue weighted by atomic mass is 32.2. The van der Waals surface area contributed by atoms with Crippen molar-refractivity contribution in [3.63, 3.8) is 0 Å². The van der Waals surface area contributed by atoms with Crippen molar-refractivity contribution in [2.24, 2.45) is 0 Å². The molecule has 2 aliphatic rings. The fourth-order valence-electron chi connectivity index (χ4n) is 2.68. The van der Waals surface area contributed by atoms with E-state index in [1.165, 1.54) is 12.8 Å². The number of fused-ring (bicyclic) bond motifs is 1. The van der Waals surface area contributed by atoms with Crippen LogP contribution in [0.15, 0.2) is 0 Å². The first-order valence-electron chi connectivity index (χ1n) is 7.14. The summed E-state index contributed by atoms with van der Waals surface area (Å²) in [6.07, 6.45) is 2.43. The molecule has 0 saturated carbocycles. The van der Waals surface area contributed by atoms with Gasteiger partial charge in [0.05, 0.1) is 18.5 Å². The van der Waals surface area contributed by atoms with Gasteiger partial charge in [-0.15, -0.1) is 0 Å². The molecule has 0 aliphatic carbocycles. The molecule has 2 atom stereocenters. The Morgan fingerprint density at radius 2 is 2.26 bits per heavy atom. The van der Waals surface area contributed by atoms with Crippen LogP contribution in [0.3, 0.4) is 0 Å². The average Bonchev–Trinajstić information content (AvgIpc) is 2.84. The number of morpholine rings is 1.